The van der Waals surface area contributed by atoms with E-state index in [1.807, 2.05) is 19.9 Å². The lowest BCUT2D eigenvalue weighted by Gasteiger charge is -2.40. The predicted octanol–water partition coefficient (Wildman–Crippen LogP) is 2.40. The van der Waals surface area contributed by atoms with Gasteiger partial charge in [0, 0.05) is 12.0 Å². The zero-order valence-corrected chi connectivity index (χ0v) is 13.6. The van der Waals surface area contributed by atoms with Gasteiger partial charge in [-0.3, -0.25) is 0 Å². The lowest BCUT2D eigenvalue weighted by atomic mass is 9.71. The summed E-state index contributed by atoms with van der Waals surface area (Å²) in [4.78, 5) is 0. The van der Waals surface area contributed by atoms with Crippen LogP contribution < -0.4 is 14.8 Å². The van der Waals surface area contributed by atoms with Gasteiger partial charge in [-0.15, -0.1) is 0 Å². The van der Waals surface area contributed by atoms with Crippen LogP contribution in [0.15, 0.2) is 18.2 Å². The average Bonchev–Trinajstić information content (AvgIpc) is 3.19. The Morgan fingerprint density at radius 3 is 2.91 bits per heavy atom. The Balaban J connectivity index is 1.55. The van der Waals surface area contributed by atoms with Crippen molar-refractivity contribution < 1.29 is 18.9 Å². The van der Waals surface area contributed by atoms with Crippen molar-refractivity contribution in [2.45, 2.75) is 56.6 Å². The summed E-state index contributed by atoms with van der Waals surface area (Å²) in [6.07, 6.45) is 2.59. The fourth-order valence-electron chi connectivity index (χ4n) is 4.84. The second kappa shape index (κ2) is 4.85. The highest BCUT2D eigenvalue weighted by atomic mass is 16.8. The molecule has 3 aliphatic heterocycles. The van der Waals surface area contributed by atoms with Gasteiger partial charge in [0.15, 0.2) is 17.3 Å². The Hall–Kier alpha value is -1.30. The minimum absolute atomic E-state index is 0.0946. The molecule has 1 aromatic carbocycles. The minimum Gasteiger partial charge on any atom is -0.454 e. The highest BCUT2D eigenvalue weighted by molar-refractivity contribution is 5.46. The van der Waals surface area contributed by atoms with Crippen LogP contribution in [0, 0.1) is 5.92 Å². The first-order valence-corrected chi connectivity index (χ1v) is 8.59. The number of hydrogen-bond donors (Lipinski definition) is 1. The lowest BCUT2D eigenvalue weighted by molar-refractivity contribution is -0.147. The van der Waals surface area contributed by atoms with Crippen molar-refractivity contribution in [2.24, 2.45) is 5.92 Å². The molecule has 0 amide bonds. The Kier molecular flexibility index (Phi) is 2.97. The van der Waals surface area contributed by atoms with Crippen LogP contribution in [-0.4, -0.2) is 37.4 Å². The van der Waals surface area contributed by atoms with Gasteiger partial charge in [0.1, 0.15) is 0 Å². The first-order chi connectivity index (χ1) is 11.1. The van der Waals surface area contributed by atoms with Gasteiger partial charge in [0.25, 0.3) is 0 Å². The third-order valence-corrected chi connectivity index (χ3v) is 5.68. The molecular weight excluding hydrogens is 294 g/mol. The highest BCUT2D eigenvalue weighted by Crippen LogP contribution is 2.49. The van der Waals surface area contributed by atoms with Crippen LogP contribution in [0.4, 0.5) is 0 Å². The molecule has 2 unspecified atom stereocenters. The summed E-state index contributed by atoms with van der Waals surface area (Å²) < 4.78 is 23.5. The summed E-state index contributed by atoms with van der Waals surface area (Å²) in [5.74, 6) is 2.13. The molecule has 124 valence electrons. The van der Waals surface area contributed by atoms with Crippen LogP contribution in [-0.2, 0) is 9.47 Å². The largest absolute Gasteiger partial charge is 0.454 e. The van der Waals surface area contributed by atoms with Gasteiger partial charge in [-0.2, -0.15) is 0 Å². The van der Waals surface area contributed by atoms with Crippen molar-refractivity contribution in [1.82, 2.24) is 5.32 Å². The number of benzene rings is 1. The number of nitrogens with one attached hydrogen (secondary N) is 1. The molecular formula is C18H23NO4. The number of rotatable bonds is 1. The summed E-state index contributed by atoms with van der Waals surface area (Å²) in [5.41, 5.74) is 1.26. The fourth-order valence-corrected chi connectivity index (χ4v) is 4.84. The molecule has 5 rings (SSSR count). The van der Waals surface area contributed by atoms with E-state index < -0.39 is 5.79 Å². The van der Waals surface area contributed by atoms with E-state index in [2.05, 4.69) is 17.4 Å². The Labute approximate surface area is 136 Å². The molecule has 5 heteroatoms. The third-order valence-electron chi connectivity index (χ3n) is 5.68. The van der Waals surface area contributed by atoms with Crippen LogP contribution in [0.5, 0.6) is 11.5 Å². The van der Waals surface area contributed by atoms with Crippen LogP contribution >= 0.6 is 0 Å². The molecule has 0 aromatic heterocycles. The van der Waals surface area contributed by atoms with E-state index in [0.717, 1.165) is 24.5 Å². The number of fused-ring (bicyclic) bond motifs is 3. The van der Waals surface area contributed by atoms with Crippen molar-refractivity contribution in [3.05, 3.63) is 23.8 Å². The van der Waals surface area contributed by atoms with E-state index in [1.165, 1.54) is 12.0 Å². The van der Waals surface area contributed by atoms with E-state index in [1.54, 1.807) is 0 Å². The topological polar surface area (TPSA) is 49.0 Å². The summed E-state index contributed by atoms with van der Waals surface area (Å²) in [6, 6.07) is 6.76. The molecule has 23 heavy (non-hydrogen) atoms. The Morgan fingerprint density at radius 2 is 2.00 bits per heavy atom. The van der Waals surface area contributed by atoms with Crippen LogP contribution in [0.3, 0.4) is 0 Å². The molecule has 1 aromatic rings. The van der Waals surface area contributed by atoms with Gasteiger partial charge < -0.3 is 24.3 Å². The maximum absolute atomic E-state index is 6.31. The molecule has 0 bridgehead atoms. The maximum Gasteiger partial charge on any atom is 0.231 e. The summed E-state index contributed by atoms with van der Waals surface area (Å²) in [5, 5.41) is 3.71. The van der Waals surface area contributed by atoms with E-state index in [-0.39, 0.29) is 18.1 Å². The molecule has 1 saturated carbocycles. The molecule has 3 heterocycles. The summed E-state index contributed by atoms with van der Waals surface area (Å²) in [7, 11) is 0. The molecule has 1 aliphatic carbocycles. The smallest absolute Gasteiger partial charge is 0.231 e. The van der Waals surface area contributed by atoms with Crippen molar-refractivity contribution >= 4 is 0 Å². The van der Waals surface area contributed by atoms with Crippen molar-refractivity contribution in [2.75, 3.05) is 13.3 Å². The normalized spacial score (nSPS) is 40.0. The van der Waals surface area contributed by atoms with Crippen LogP contribution in [0.25, 0.3) is 0 Å². The van der Waals surface area contributed by atoms with Crippen molar-refractivity contribution in [3.8, 4) is 11.5 Å². The summed E-state index contributed by atoms with van der Waals surface area (Å²) >= 11 is 0. The highest BCUT2D eigenvalue weighted by Gasteiger charge is 2.54. The van der Waals surface area contributed by atoms with E-state index >= 15 is 0 Å². The van der Waals surface area contributed by atoms with Crippen LogP contribution in [0.1, 0.15) is 38.2 Å². The zero-order valence-electron chi connectivity index (χ0n) is 13.6. The third kappa shape index (κ3) is 2.17. The standard InChI is InChI=1S/C18H23NO4/c1-18(2)22-14-8-11-5-6-19-16(11)15(17(14)23-18)10-3-4-12-13(7-10)21-9-20-12/h3-4,7,11,14-17,19H,5-6,8-9H2,1-2H3/t11-,14?,15+,16-,17?/m1/s1. The van der Waals surface area contributed by atoms with E-state index in [9.17, 15) is 0 Å². The predicted molar refractivity (Wildman–Crippen MR) is 83.6 cm³/mol. The molecule has 0 radical (unpaired) electrons. The molecule has 5 atom stereocenters. The van der Waals surface area contributed by atoms with Gasteiger partial charge >= 0.3 is 0 Å². The van der Waals surface area contributed by atoms with Gasteiger partial charge in [-0.1, -0.05) is 6.07 Å². The van der Waals surface area contributed by atoms with Crippen molar-refractivity contribution in [1.29, 1.82) is 0 Å². The molecule has 3 fully saturated rings. The first kappa shape index (κ1) is 14.1. The lowest BCUT2D eigenvalue weighted by Crippen LogP contribution is -2.49. The van der Waals surface area contributed by atoms with E-state index in [0.29, 0.717) is 18.8 Å². The minimum atomic E-state index is -0.497. The SMILES string of the molecule is CC1(C)OC2C[C@H]3CCN[C@H]3[C@H](c3ccc4c(c3)OCO4)C2O1. The summed E-state index contributed by atoms with van der Waals surface area (Å²) in [6.45, 7) is 5.43. The van der Waals surface area contributed by atoms with Crippen molar-refractivity contribution in [3.63, 3.8) is 0 Å². The van der Waals surface area contributed by atoms with Gasteiger partial charge in [0.05, 0.1) is 12.2 Å². The van der Waals surface area contributed by atoms with Gasteiger partial charge in [-0.05, 0) is 56.8 Å². The van der Waals surface area contributed by atoms with Crippen LogP contribution in [0.2, 0.25) is 0 Å². The van der Waals surface area contributed by atoms with Gasteiger partial charge in [0.2, 0.25) is 6.79 Å². The van der Waals surface area contributed by atoms with E-state index in [4.69, 9.17) is 18.9 Å². The second-order valence-corrected chi connectivity index (χ2v) is 7.54. The number of ether oxygens (including phenoxy) is 4. The molecule has 5 nitrogen and oxygen atoms in total. The molecule has 1 N–H and O–H groups in total. The monoisotopic (exact) mass is 317 g/mol. The second-order valence-electron chi connectivity index (χ2n) is 7.54. The average molecular weight is 317 g/mol. The molecule has 0 spiro atoms. The molecule has 4 aliphatic rings. The maximum atomic E-state index is 6.31. The Bertz CT molecular complexity index is 631. The fraction of sp³-hybridized carbons (Fsp3) is 0.667. The number of hydrogen-bond acceptors (Lipinski definition) is 5. The zero-order chi connectivity index (χ0) is 15.6. The van der Waals surface area contributed by atoms with Gasteiger partial charge in [-0.25, -0.2) is 0 Å². The quantitative estimate of drug-likeness (QED) is 0.862. The first-order valence-electron chi connectivity index (χ1n) is 8.59. The molecule has 2 saturated heterocycles. The Morgan fingerprint density at radius 1 is 1.13 bits per heavy atom.